The maximum Gasteiger partial charge on any atom is 0.433 e. The van der Waals surface area contributed by atoms with Crippen LogP contribution in [0.5, 0.6) is 0 Å². The molecule has 0 N–H and O–H groups in total. The first-order chi connectivity index (χ1) is 14.8. The van der Waals surface area contributed by atoms with E-state index in [1.165, 1.54) is 23.3 Å². The number of piperidine rings is 1. The number of hydrogen-bond donors (Lipinski definition) is 0. The second kappa shape index (κ2) is 7.62. The molecule has 164 valence electrons. The number of aromatic nitrogens is 3. The first-order valence-corrected chi connectivity index (χ1v) is 11.5. The molecule has 1 saturated heterocycles. The molecule has 4 heterocycles. The van der Waals surface area contributed by atoms with E-state index in [2.05, 4.69) is 10.1 Å². The molecule has 31 heavy (non-hydrogen) atoms. The Morgan fingerprint density at radius 1 is 1.13 bits per heavy atom. The molecular formula is C22H23F3N4OS. The second-order valence-corrected chi connectivity index (χ2v) is 9.59. The van der Waals surface area contributed by atoms with Crippen LogP contribution in [-0.4, -0.2) is 38.5 Å². The Morgan fingerprint density at radius 3 is 2.58 bits per heavy atom. The number of amides is 1. The smallest absolute Gasteiger partial charge is 0.338 e. The van der Waals surface area contributed by atoms with Crippen molar-refractivity contribution >= 4 is 22.9 Å². The summed E-state index contributed by atoms with van der Waals surface area (Å²) in [6.07, 6.45) is 1.15. The molecular weight excluding hydrogens is 425 g/mol. The fraction of sp³-hybridized carbons (Fsp3) is 0.500. The molecule has 0 unspecified atom stereocenters. The van der Waals surface area contributed by atoms with Gasteiger partial charge in [0.2, 0.25) is 0 Å². The van der Waals surface area contributed by atoms with Crippen molar-refractivity contribution in [3.05, 3.63) is 50.6 Å². The fourth-order valence-electron chi connectivity index (χ4n) is 4.65. The van der Waals surface area contributed by atoms with Crippen molar-refractivity contribution in [2.24, 2.45) is 0 Å². The summed E-state index contributed by atoms with van der Waals surface area (Å²) in [5.41, 5.74) is 1.64. The number of hydrogen-bond acceptors (Lipinski definition) is 4. The van der Waals surface area contributed by atoms with Crippen LogP contribution in [0.15, 0.2) is 18.2 Å². The van der Waals surface area contributed by atoms with Gasteiger partial charge in [-0.05, 0) is 63.1 Å². The molecule has 1 fully saturated rings. The largest absolute Gasteiger partial charge is 0.433 e. The lowest BCUT2D eigenvalue weighted by Crippen LogP contribution is -2.37. The van der Waals surface area contributed by atoms with Gasteiger partial charge in [-0.15, -0.1) is 11.3 Å². The highest BCUT2D eigenvalue weighted by molar-refractivity contribution is 7.14. The topological polar surface area (TPSA) is 50.5 Å². The van der Waals surface area contributed by atoms with Gasteiger partial charge < -0.3 is 4.90 Å². The molecule has 2 aliphatic rings. The highest BCUT2D eigenvalue weighted by Gasteiger charge is 2.36. The van der Waals surface area contributed by atoms with Crippen LogP contribution >= 0.6 is 11.3 Å². The summed E-state index contributed by atoms with van der Waals surface area (Å²) < 4.78 is 41.6. The van der Waals surface area contributed by atoms with Crippen molar-refractivity contribution in [2.75, 3.05) is 13.1 Å². The number of fused-ring (bicyclic) bond motifs is 2. The van der Waals surface area contributed by atoms with E-state index in [9.17, 15) is 18.0 Å². The summed E-state index contributed by atoms with van der Waals surface area (Å²) in [5.74, 6) is -0.0643. The van der Waals surface area contributed by atoms with E-state index < -0.39 is 11.9 Å². The number of carbonyl (C=O) groups excluding carboxylic acids is 1. The Balaban J connectivity index is 1.34. The summed E-state index contributed by atoms with van der Waals surface area (Å²) in [5, 5.41) is 3.94. The summed E-state index contributed by atoms with van der Waals surface area (Å²) >= 11 is 1.60. The van der Waals surface area contributed by atoms with E-state index >= 15 is 0 Å². The number of nitrogens with zero attached hydrogens (tertiary/aromatic N) is 4. The fourth-order valence-corrected chi connectivity index (χ4v) is 5.87. The van der Waals surface area contributed by atoms with Crippen molar-refractivity contribution < 1.29 is 18.0 Å². The van der Waals surface area contributed by atoms with Crippen molar-refractivity contribution in [1.82, 2.24) is 19.5 Å². The van der Waals surface area contributed by atoms with Crippen molar-refractivity contribution in [3.8, 4) is 0 Å². The molecule has 0 aromatic carbocycles. The average Bonchev–Trinajstić information content (AvgIpc) is 3.34. The Hall–Kier alpha value is -2.42. The molecule has 9 heteroatoms. The van der Waals surface area contributed by atoms with E-state index in [0.717, 1.165) is 28.3 Å². The third-order valence-corrected chi connectivity index (χ3v) is 7.49. The SMILES string of the molecule is Cc1cc2nc(C3CCN(C(=O)c4cc5c(s4)CCCC5)CC3)cc(C(F)(F)F)n2n1. The molecule has 0 saturated carbocycles. The third-order valence-electron chi connectivity index (χ3n) is 6.27. The zero-order valence-electron chi connectivity index (χ0n) is 17.2. The summed E-state index contributed by atoms with van der Waals surface area (Å²) in [7, 11) is 0. The van der Waals surface area contributed by atoms with Gasteiger partial charge in [-0.2, -0.15) is 18.3 Å². The van der Waals surface area contributed by atoms with Crippen LogP contribution in [0.1, 0.15) is 68.8 Å². The van der Waals surface area contributed by atoms with Crippen LogP contribution in [0.3, 0.4) is 0 Å². The molecule has 0 spiro atoms. The number of halogens is 3. The number of carbonyl (C=O) groups is 1. The van der Waals surface area contributed by atoms with Crippen LogP contribution in [-0.2, 0) is 19.0 Å². The Morgan fingerprint density at radius 2 is 1.87 bits per heavy atom. The van der Waals surface area contributed by atoms with Crippen molar-refractivity contribution in [1.29, 1.82) is 0 Å². The van der Waals surface area contributed by atoms with Crippen molar-refractivity contribution in [2.45, 2.75) is 57.5 Å². The first kappa shape index (κ1) is 20.5. The van der Waals surface area contributed by atoms with Gasteiger partial charge >= 0.3 is 6.18 Å². The Kier molecular flexibility index (Phi) is 5.03. The first-order valence-electron chi connectivity index (χ1n) is 10.6. The average molecular weight is 449 g/mol. The lowest BCUT2D eigenvalue weighted by molar-refractivity contribution is -0.142. The van der Waals surface area contributed by atoms with Gasteiger partial charge in [0.1, 0.15) is 5.69 Å². The summed E-state index contributed by atoms with van der Waals surface area (Å²) in [6.45, 7) is 2.71. The number of alkyl halides is 3. The van der Waals surface area contributed by atoms with Crippen LogP contribution in [0.4, 0.5) is 13.2 Å². The molecule has 1 amide bonds. The molecule has 1 aliphatic carbocycles. The van der Waals surface area contributed by atoms with Gasteiger partial charge in [-0.25, -0.2) is 9.50 Å². The highest BCUT2D eigenvalue weighted by atomic mass is 32.1. The zero-order valence-corrected chi connectivity index (χ0v) is 18.0. The van der Waals surface area contributed by atoms with Gasteiger partial charge in [-0.1, -0.05) is 0 Å². The normalized spacial score (nSPS) is 17.9. The van der Waals surface area contributed by atoms with Gasteiger partial charge in [-0.3, -0.25) is 4.79 Å². The quantitative estimate of drug-likeness (QED) is 0.553. The molecule has 3 aromatic rings. The van der Waals surface area contributed by atoms with E-state index in [0.29, 0.717) is 37.3 Å². The predicted molar refractivity (Wildman–Crippen MR) is 112 cm³/mol. The number of rotatable bonds is 2. The molecule has 1 aliphatic heterocycles. The Labute approximate surface area is 181 Å². The molecule has 5 rings (SSSR count). The molecule has 0 atom stereocenters. The number of thiophene rings is 1. The highest BCUT2D eigenvalue weighted by Crippen LogP contribution is 2.35. The maximum absolute atomic E-state index is 13.6. The van der Waals surface area contributed by atoms with Gasteiger partial charge in [0.15, 0.2) is 5.65 Å². The van der Waals surface area contributed by atoms with E-state index in [-0.39, 0.29) is 17.5 Å². The maximum atomic E-state index is 13.6. The molecule has 0 bridgehead atoms. The summed E-state index contributed by atoms with van der Waals surface area (Å²) in [4.78, 5) is 21.4. The Bertz CT molecular complexity index is 1120. The summed E-state index contributed by atoms with van der Waals surface area (Å²) in [6, 6.07) is 4.73. The number of likely N-dealkylation sites (tertiary alicyclic amines) is 1. The lowest BCUT2D eigenvalue weighted by Gasteiger charge is -2.31. The molecule has 3 aromatic heterocycles. The standard InChI is InChI=1S/C22H23F3N4OS/c1-13-10-20-26-16(12-19(22(23,24)25)29(20)27-13)14-6-8-28(9-7-14)21(30)18-11-15-4-2-3-5-17(15)31-18/h10-12,14H,2-9H2,1H3. The van der Waals surface area contributed by atoms with E-state index in [1.54, 1.807) is 24.3 Å². The van der Waals surface area contributed by atoms with Crippen LogP contribution in [0.25, 0.3) is 5.65 Å². The van der Waals surface area contributed by atoms with Gasteiger partial charge in [0.05, 0.1) is 10.6 Å². The zero-order chi connectivity index (χ0) is 21.8. The minimum atomic E-state index is -4.51. The minimum Gasteiger partial charge on any atom is -0.338 e. The van der Waals surface area contributed by atoms with Crippen LogP contribution < -0.4 is 0 Å². The predicted octanol–water partition coefficient (Wildman–Crippen LogP) is 5.02. The third kappa shape index (κ3) is 3.84. The monoisotopic (exact) mass is 448 g/mol. The number of aryl methyl sites for hydroxylation is 3. The molecule has 5 nitrogen and oxygen atoms in total. The van der Waals surface area contributed by atoms with Gasteiger partial charge in [0, 0.05) is 35.6 Å². The van der Waals surface area contributed by atoms with E-state index in [4.69, 9.17) is 0 Å². The van der Waals surface area contributed by atoms with Crippen molar-refractivity contribution in [3.63, 3.8) is 0 Å². The van der Waals surface area contributed by atoms with Gasteiger partial charge in [0.25, 0.3) is 5.91 Å². The van der Waals surface area contributed by atoms with Crippen LogP contribution in [0.2, 0.25) is 0 Å². The second-order valence-electron chi connectivity index (χ2n) is 8.45. The van der Waals surface area contributed by atoms with Crippen LogP contribution in [0, 0.1) is 6.92 Å². The lowest BCUT2D eigenvalue weighted by atomic mass is 9.92. The van der Waals surface area contributed by atoms with E-state index in [1.807, 2.05) is 11.0 Å². The molecule has 0 radical (unpaired) electrons. The minimum absolute atomic E-state index is 0.0451.